The molecule has 0 fully saturated rings. The number of carbonyl (C=O) groups is 1. The lowest BCUT2D eigenvalue weighted by molar-refractivity contribution is 0.0955. The van der Waals surface area contributed by atoms with Crippen LogP contribution in [0.3, 0.4) is 0 Å². The highest BCUT2D eigenvalue weighted by Crippen LogP contribution is 2.43. The molecule has 0 bridgehead atoms. The van der Waals surface area contributed by atoms with Crippen molar-refractivity contribution < 1.29 is 13.2 Å². The van der Waals surface area contributed by atoms with E-state index in [0.29, 0.717) is 27.6 Å². The number of hydrogen-bond acceptors (Lipinski definition) is 5. The quantitative estimate of drug-likeness (QED) is 0.646. The van der Waals surface area contributed by atoms with E-state index in [1.54, 1.807) is 18.2 Å². The summed E-state index contributed by atoms with van der Waals surface area (Å²) in [6, 6.07) is 14.5. The maximum atomic E-state index is 12.7. The fourth-order valence-electron chi connectivity index (χ4n) is 3.28. The number of halogens is 1. The minimum atomic E-state index is -3.47. The number of sulfone groups is 1. The molecular weight excluding hydrogens is 428 g/mol. The normalized spacial score (nSPS) is 14.0. The molecule has 2 heterocycles. The zero-order valence-electron chi connectivity index (χ0n) is 15.9. The highest BCUT2D eigenvalue weighted by Gasteiger charge is 2.31. The van der Waals surface area contributed by atoms with Crippen LogP contribution in [0, 0.1) is 0 Å². The standard InChI is InChI=1S/C21H19ClN2O3S2/c1-24(2)16-6-3-13(4-7-16)11-23-21(25)18-9-14-12-29(26,27)19-10-15(22)5-8-17(19)20(14)28-18/h3-10H,11-12H2,1-2H3,(H,23,25). The minimum Gasteiger partial charge on any atom is -0.378 e. The molecule has 1 aliphatic heterocycles. The summed E-state index contributed by atoms with van der Waals surface area (Å²) in [6.07, 6.45) is 0. The van der Waals surface area contributed by atoms with Crippen LogP contribution < -0.4 is 10.2 Å². The number of thiophene rings is 1. The van der Waals surface area contributed by atoms with Crippen LogP contribution >= 0.6 is 22.9 Å². The molecule has 3 aromatic rings. The number of rotatable bonds is 4. The molecule has 5 nitrogen and oxygen atoms in total. The van der Waals surface area contributed by atoms with Gasteiger partial charge in [0.1, 0.15) is 0 Å². The fourth-order valence-corrected chi connectivity index (χ4v) is 6.41. The minimum absolute atomic E-state index is 0.120. The smallest absolute Gasteiger partial charge is 0.261 e. The molecule has 1 N–H and O–H groups in total. The van der Waals surface area contributed by atoms with Crippen LogP contribution in [0.15, 0.2) is 53.4 Å². The van der Waals surface area contributed by atoms with Crippen molar-refractivity contribution in [1.29, 1.82) is 0 Å². The molecule has 0 atom stereocenters. The van der Waals surface area contributed by atoms with Gasteiger partial charge in [0.25, 0.3) is 5.91 Å². The summed E-state index contributed by atoms with van der Waals surface area (Å²) in [5.41, 5.74) is 3.35. The zero-order valence-corrected chi connectivity index (χ0v) is 18.3. The molecule has 0 spiro atoms. The monoisotopic (exact) mass is 446 g/mol. The van der Waals surface area contributed by atoms with Crippen LogP contribution in [0.2, 0.25) is 5.02 Å². The second-order valence-electron chi connectivity index (χ2n) is 7.11. The average molecular weight is 447 g/mol. The van der Waals surface area contributed by atoms with E-state index < -0.39 is 9.84 Å². The largest absolute Gasteiger partial charge is 0.378 e. The highest BCUT2D eigenvalue weighted by molar-refractivity contribution is 7.91. The number of carbonyl (C=O) groups excluding carboxylic acids is 1. The van der Waals surface area contributed by atoms with Crippen LogP contribution in [0.1, 0.15) is 20.8 Å². The number of amides is 1. The lowest BCUT2D eigenvalue weighted by Crippen LogP contribution is -2.21. The van der Waals surface area contributed by atoms with E-state index in [0.717, 1.165) is 16.1 Å². The molecule has 8 heteroatoms. The maximum Gasteiger partial charge on any atom is 0.261 e. The van der Waals surface area contributed by atoms with Crippen molar-refractivity contribution in [3.05, 3.63) is 69.6 Å². The van der Waals surface area contributed by atoms with Gasteiger partial charge in [-0.1, -0.05) is 29.8 Å². The summed E-state index contributed by atoms with van der Waals surface area (Å²) in [7, 11) is 0.477. The van der Waals surface area contributed by atoms with E-state index in [1.165, 1.54) is 17.4 Å². The Morgan fingerprint density at radius 3 is 2.55 bits per heavy atom. The second kappa shape index (κ2) is 7.48. The first-order valence-electron chi connectivity index (χ1n) is 8.94. The van der Waals surface area contributed by atoms with Gasteiger partial charge in [-0.05, 0) is 41.5 Å². The Morgan fingerprint density at radius 1 is 1.14 bits per heavy atom. The number of nitrogens with one attached hydrogen (secondary N) is 1. The predicted molar refractivity (Wildman–Crippen MR) is 118 cm³/mol. The van der Waals surface area contributed by atoms with Gasteiger partial charge in [0.2, 0.25) is 0 Å². The molecule has 1 aliphatic rings. The van der Waals surface area contributed by atoms with Gasteiger partial charge in [-0.25, -0.2) is 8.42 Å². The van der Waals surface area contributed by atoms with Crippen LogP contribution in [0.5, 0.6) is 0 Å². The molecule has 150 valence electrons. The van der Waals surface area contributed by atoms with E-state index in [2.05, 4.69) is 5.32 Å². The van der Waals surface area contributed by atoms with Crippen LogP contribution in [-0.4, -0.2) is 28.4 Å². The Kier molecular flexibility index (Phi) is 5.14. The molecule has 0 saturated carbocycles. The highest BCUT2D eigenvalue weighted by atomic mass is 35.5. The molecule has 2 aromatic carbocycles. The van der Waals surface area contributed by atoms with E-state index in [4.69, 9.17) is 11.6 Å². The Morgan fingerprint density at radius 2 is 1.86 bits per heavy atom. The number of benzene rings is 2. The molecule has 0 unspecified atom stereocenters. The third kappa shape index (κ3) is 3.90. The number of nitrogens with zero attached hydrogens (tertiary/aromatic N) is 1. The van der Waals surface area contributed by atoms with Crippen molar-refractivity contribution in [3.8, 4) is 10.4 Å². The molecule has 1 aromatic heterocycles. The topological polar surface area (TPSA) is 66.5 Å². The third-order valence-electron chi connectivity index (χ3n) is 4.81. The lowest BCUT2D eigenvalue weighted by Gasteiger charge is -2.16. The molecule has 0 saturated heterocycles. The third-order valence-corrected chi connectivity index (χ3v) is 7.95. The molecule has 29 heavy (non-hydrogen) atoms. The van der Waals surface area contributed by atoms with Crippen LogP contribution in [-0.2, 0) is 22.1 Å². The van der Waals surface area contributed by atoms with E-state index in [-0.39, 0.29) is 16.6 Å². The van der Waals surface area contributed by atoms with Crippen molar-refractivity contribution in [2.75, 3.05) is 19.0 Å². The number of fused-ring (bicyclic) bond motifs is 3. The summed E-state index contributed by atoms with van der Waals surface area (Å²) in [5, 5.41) is 3.29. The summed E-state index contributed by atoms with van der Waals surface area (Å²) < 4.78 is 25.2. The average Bonchev–Trinajstić information content (AvgIpc) is 3.09. The van der Waals surface area contributed by atoms with Gasteiger partial charge >= 0.3 is 0 Å². The van der Waals surface area contributed by atoms with Gasteiger partial charge in [0.05, 0.1) is 15.5 Å². The molecule has 1 amide bonds. The maximum absolute atomic E-state index is 12.7. The van der Waals surface area contributed by atoms with Crippen molar-refractivity contribution in [1.82, 2.24) is 5.32 Å². The van der Waals surface area contributed by atoms with Crippen LogP contribution in [0.4, 0.5) is 5.69 Å². The Labute approximate surface area is 178 Å². The first-order chi connectivity index (χ1) is 13.7. The van der Waals surface area contributed by atoms with Gasteiger partial charge in [0, 0.05) is 41.8 Å². The van der Waals surface area contributed by atoms with Gasteiger partial charge in [-0.3, -0.25) is 4.79 Å². The predicted octanol–water partition coefficient (Wildman–Crippen LogP) is 4.35. The van der Waals surface area contributed by atoms with Gasteiger partial charge in [0.15, 0.2) is 9.84 Å². The van der Waals surface area contributed by atoms with Crippen molar-refractivity contribution in [2.24, 2.45) is 0 Å². The van der Waals surface area contributed by atoms with E-state index >= 15 is 0 Å². The van der Waals surface area contributed by atoms with Crippen LogP contribution in [0.25, 0.3) is 10.4 Å². The van der Waals surface area contributed by atoms with Gasteiger partial charge in [-0.15, -0.1) is 11.3 Å². The summed E-state index contributed by atoms with van der Waals surface area (Å²) in [6.45, 7) is 0.402. The van der Waals surface area contributed by atoms with Crippen molar-refractivity contribution >= 4 is 44.4 Å². The number of hydrogen-bond donors (Lipinski definition) is 1. The van der Waals surface area contributed by atoms with Crippen molar-refractivity contribution in [3.63, 3.8) is 0 Å². The second-order valence-corrected chi connectivity index (χ2v) is 10.6. The Balaban J connectivity index is 1.56. The fraction of sp³-hybridized carbons (Fsp3) is 0.190. The van der Waals surface area contributed by atoms with Gasteiger partial charge < -0.3 is 10.2 Å². The first-order valence-corrected chi connectivity index (χ1v) is 11.8. The lowest BCUT2D eigenvalue weighted by atomic mass is 10.1. The van der Waals surface area contributed by atoms with Gasteiger partial charge in [-0.2, -0.15) is 0 Å². The van der Waals surface area contributed by atoms with E-state index in [9.17, 15) is 13.2 Å². The first kappa shape index (κ1) is 19.9. The molecule has 0 radical (unpaired) electrons. The SMILES string of the molecule is CN(C)c1ccc(CNC(=O)c2cc3c(s2)-c2ccc(Cl)cc2S(=O)(=O)C3)cc1. The Hall–Kier alpha value is -2.35. The summed E-state index contributed by atoms with van der Waals surface area (Å²) >= 11 is 7.29. The summed E-state index contributed by atoms with van der Waals surface area (Å²) in [4.78, 5) is 16.2. The van der Waals surface area contributed by atoms with Crippen molar-refractivity contribution in [2.45, 2.75) is 17.2 Å². The van der Waals surface area contributed by atoms with E-state index in [1.807, 2.05) is 43.3 Å². The Bertz CT molecular complexity index is 1200. The molecular formula is C21H19ClN2O3S2. The zero-order chi connectivity index (χ0) is 20.8. The number of anilines is 1. The molecule has 0 aliphatic carbocycles. The summed E-state index contributed by atoms with van der Waals surface area (Å²) in [5.74, 6) is -0.333. The molecule has 4 rings (SSSR count).